The molecule has 1 saturated carbocycles. The van der Waals surface area contributed by atoms with E-state index in [-0.39, 0.29) is 0 Å². The summed E-state index contributed by atoms with van der Waals surface area (Å²) >= 11 is 0. The molecule has 1 aliphatic carbocycles. The van der Waals surface area contributed by atoms with Crippen molar-refractivity contribution in [2.75, 3.05) is 0 Å². The molecule has 0 aromatic heterocycles. The zero-order valence-corrected chi connectivity index (χ0v) is 7.91. The average molecular weight is 153 g/mol. The second-order valence-electron chi connectivity index (χ2n) is 4.19. The molecule has 1 rings (SSSR count). The highest BCUT2D eigenvalue weighted by atomic mass is 14.9. The third-order valence-electron chi connectivity index (χ3n) is 2.65. The van der Waals surface area contributed by atoms with Crippen molar-refractivity contribution < 1.29 is 0 Å². The Balaban J connectivity index is 2.40. The molecule has 1 fully saturated rings. The Labute approximate surface area is 69.9 Å². The molecule has 0 unspecified atom stereocenters. The molecule has 1 nitrogen and oxygen atoms in total. The van der Waals surface area contributed by atoms with E-state index in [2.05, 4.69) is 32.7 Å². The normalized spacial score (nSPS) is 21.1. The van der Waals surface area contributed by atoms with Crippen LogP contribution in [0.15, 0.2) is 12.3 Å². The molecular formula is C10H19N. The third-order valence-corrected chi connectivity index (χ3v) is 2.65. The minimum absolute atomic E-state index is 0.407. The average Bonchev–Trinajstić information content (AvgIpc) is 1.81. The highest BCUT2D eigenvalue weighted by molar-refractivity contribution is 5.11. The van der Waals surface area contributed by atoms with Crippen molar-refractivity contribution in [3.05, 3.63) is 12.3 Å². The van der Waals surface area contributed by atoms with E-state index in [4.69, 9.17) is 0 Å². The first-order chi connectivity index (χ1) is 5.04. The van der Waals surface area contributed by atoms with Gasteiger partial charge in [0, 0.05) is 17.2 Å². The van der Waals surface area contributed by atoms with Crippen molar-refractivity contribution in [1.29, 1.82) is 0 Å². The summed E-state index contributed by atoms with van der Waals surface area (Å²) in [7, 11) is 0. The maximum absolute atomic E-state index is 4.08. The molecule has 1 N–H and O–H groups in total. The molecule has 0 amide bonds. The maximum atomic E-state index is 4.08. The van der Waals surface area contributed by atoms with Gasteiger partial charge in [0.1, 0.15) is 0 Å². The smallest absolute Gasteiger partial charge is 0.0201 e. The summed E-state index contributed by atoms with van der Waals surface area (Å²) in [6.07, 6.45) is 3.99. The lowest BCUT2D eigenvalue weighted by molar-refractivity contribution is 0.199. The van der Waals surface area contributed by atoms with Gasteiger partial charge in [-0.25, -0.2) is 0 Å². The predicted octanol–water partition coefficient (Wildman–Crippen LogP) is 2.69. The molecule has 1 aliphatic rings. The first-order valence-electron chi connectivity index (χ1n) is 4.50. The summed E-state index contributed by atoms with van der Waals surface area (Å²) in [5, 5.41) is 3.39. The van der Waals surface area contributed by atoms with Crippen LogP contribution in [0.5, 0.6) is 0 Å². The van der Waals surface area contributed by atoms with Crippen molar-refractivity contribution >= 4 is 0 Å². The van der Waals surface area contributed by atoms with Crippen LogP contribution in [0.4, 0.5) is 0 Å². The van der Waals surface area contributed by atoms with E-state index in [0.29, 0.717) is 11.5 Å². The summed E-state index contributed by atoms with van der Waals surface area (Å²) in [5.74, 6) is 0. The van der Waals surface area contributed by atoms with Crippen LogP contribution in [0.25, 0.3) is 0 Å². The van der Waals surface area contributed by atoms with Gasteiger partial charge in [-0.3, -0.25) is 0 Å². The van der Waals surface area contributed by atoms with E-state index in [1.807, 2.05) is 0 Å². The van der Waals surface area contributed by atoms with E-state index in [0.717, 1.165) is 0 Å². The Bertz CT molecular complexity index is 154. The van der Waals surface area contributed by atoms with Gasteiger partial charge in [-0.1, -0.05) is 19.9 Å². The molecule has 0 aromatic rings. The van der Waals surface area contributed by atoms with E-state index in [9.17, 15) is 0 Å². The second kappa shape index (κ2) is 2.88. The Kier molecular flexibility index (Phi) is 2.26. The zero-order chi connectivity index (χ0) is 8.48. The minimum Gasteiger partial charge on any atom is -0.386 e. The molecule has 0 saturated heterocycles. The third kappa shape index (κ3) is 1.76. The van der Waals surface area contributed by atoms with Crippen molar-refractivity contribution in [2.45, 2.75) is 46.1 Å². The first kappa shape index (κ1) is 8.63. The SMILES string of the molecule is C=C(NC(C)C)C1(C)CCC1. The number of nitrogens with one attached hydrogen (secondary N) is 1. The quantitative estimate of drug-likeness (QED) is 0.657. The van der Waals surface area contributed by atoms with Gasteiger partial charge in [0.15, 0.2) is 0 Å². The monoisotopic (exact) mass is 153 g/mol. The van der Waals surface area contributed by atoms with Gasteiger partial charge in [-0.15, -0.1) is 0 Å². The van der Waals surface area contributed by atoms with Crippen LogP contribution >= 0.6 is 0 Å². The Hall–Kier alpha value is -0.460. The predicted molar refractivity (Wildman–Crippen MR) is 49.4 cm³/mol. The van der Waals surface area contributed by atoms with Gasteiger partial charge in [-0.2, -0.15) is 0 Å². The van der Waals surface area contributed by atoms with E-state index in [1.165, 1.54) is 25.0 Å². The number of hydrogen-bond acceptors (Lipinski definition) is 1. The molecule has 0 heterocycles. The summed E-state index contributed by atoms with van der Waals surface area (Å²) < 4.78 is 0. The molecule has 0 bridgehead atoms. The molecule has 0 spiro atoms. The van der Waals surface area contributed by atoms with E-state index < -0.39 is 0 Å². The second-order valence-corrected chi connectivity index (χ2v) is 4.19. The molecule has 0 aromatic carbocycles. The van der Waals surface area contributed by atoms with Crippen LogP contribution < -0.4 is 5.32 Å². The Morgan fingerprint density at radius 2 is 2.00 bits per heavy atom. The van der Waals surface area contributed by atoms with Crippen LogP contribution in [0, 0.1) is 5.41 Å². The molecule has 11 heavy (non-hydrogen) atoms. The van der Waals surface area contributed by atoms with Gasteiger partial charge < -0.3 is 5.32 Å². The fourth-order valence-corrected chi connectivity index (χ4v) is 1.53. The van der Waals surface area contributed by atoms with E-state index in [1.54, 1.807) is 0 Å². The Morgan fingerprint density at radius 1 is 1.45 bits per heavy atom. The van der Waals surface area contributed by atoms with Crippen LogP contribution in [0.3, 0.4) is 0 Å². The van der Waals surface area contributed by atoms with Gasteiger partial charge in [0.2, 0.25) is 0 Å². The lowest BCUT2D eigenvalue weighted by atomic mass is 9.68. The number of rotatable bonds is 3. The largest absolute Gasteiger partial charge is 0.386 e. The molecule has 0 aliphatic heterocycles. The molecule has 64 valence electrons. The van der Waals surface area contributed by atoms with Gasteiger partial charge in [-0.05, 0) is 26.7 Å². The van der Waals surface area contributed by atoms with Crippen molar-refractivity contribution in [3.63, 3.8) is 0 Å². The standard InChI is InChI=1S/C10H19N/c1-8(2)11-9(3)10(4)6-5-7-10/h8,11H,3,5-7H2,1-2,4H3. The minimum atomic E-state index is 0.407. The fourth-order valence-electron chi connectivity index (χ4n) is 1.53. The number of allylic oxidation sites excluding steroid dienone is 1. The van der Waals surface area contributed by atoms with Crippen LogP contribution in [0.2, 0.25) is 0 Å². The van der Waals surface area contributed by atoms with Gasteiger partial charge in [0.25, 0.3) is 0 Å². The van der Waals surface area contributed by atoms with Crippen LogP contribution in [0.1, 0.15) is 40.0 Å². The lowest BCUT2D eigenvalue weighted by Gasteiger charge is -2.41. The summed E-state index contributed by atoms with van der Waals surface area (Å²) in [6, 6.07) is 0.528. The summed E-state index contributed by atoms with van der Waals surface area (Å²) in [5.41, 5.74) is 1.64. The maximum Gasteiger partial charge on any atom is 0.0201 e. The fraction of sp³-hybridized carbons (Fsp3) is 0.800. The zero-order valence-electron chi connectivity index (χ0n) is 7.91. The van der Waals surface area contributed by atoms with Gasteiger partial charge >= 0.3 is 0 Å². The molecule has 0 atom stereocenters. The molecular weight excluding hydrogens is 134 g/mol. The van der Waals surface area contributed by atoms with Crippen LogP contribution in [-0.2, 0) is 0 Å². The first-order valence-corrected chi connectivity index (χ1v) is 4.50. The van der Waals surface area contributed by atoms with Gasteiger partial charge in [0.05, 0.1) is 0 Å². The highest BCUT2D eigenvalue weighted by Crippen LogP contribution is 2.44. The van der Waals surface area contributed by atoms with Crippen LogP contribution in [-0.4, -0.2) is 6.04 Å². The van der Waals surface area contributed by atoms with Crippen molar-refractivity contribution in [3.8, 4) is 0 Å². The van der Waals surface area contributed by atoms with Crippen molar-refractivity contribution in [2.24, 2.45) is 5.41 Å². The van der Waals surface area contributed by atoms with Crippen molar-refractivity contribution in [1.82, 2.24) is 5.32 Å². The summed E-state index contributed by atoms with van der Waals surface area (Å²) in [6.45, 7) is 10.7. The molecule has 1 heteroatoms. The highest BCUT2D eigenvalue weighted by Gasteiger charge is 2.34. The Morgan fingerprint density at radius 3 is 2.27 bits per heavy atom. The lowest BCUT2D eigenvalue weighted by Crippen LogP contribution is -2.37. The summed E-state index contributed by atoms with van der Waals surface area (Å²) in [4.78, 5) is 0. The number of hydrogen-bond donors (Lipinski definition) is 1. The topological polar surface area (TPSA) is 12.0 Å². The molecule has 0 radical (unpaired) electrons. The van der Waals surface area contributed by atoms with E-state index >= 15 is 0 Å².